The molecule has 1 atom stereocenters. The molecular weight excluding hydrogens is 360 g/mol. The van der Waals surface area contributed by atoms with E-state index in [0.29, 0.717) is 6.54 Å². The highest BCUT2D eigenvalue weighted by Crippen LogP contribution is 2.43. The molecule has 3 aromatic heterocycles. The first-order chi connectivity index (χ1) is 14.2. The lowest BCUT2D eigenvalue weighted by atomic mass is 9.81. The van der Waals surface area contributed by atoms with Gasteiger partial charge in [-0.2, -0.15) is 0 Å². The van der Waals surface area contributed by atoms with Crippen molar-refractivity contribution < 1.29 is 4.79 Å². The van der Waals surface area contributed by atoms with E-state index in [1.165, 1.54) is 5.56 Å². The van der Waals surface area contributed by atoms with E-state index >= 15 is 0 Å². The number of aromatic amines is 1. The van der Waals surface area contributed by atoms with Crippen molar-refractivity contribution in [2.24, 2.45) is 0 Å². The van der Waals surface area contributed by atoms with Crippen LogP contribution >= 0.6 is 0 Å². The van der Waals surface area contributed by atoms with Crippen LogP contribution in [0.4, 0.5) is 0 Å². The van der Waals surface area contributed by atoms with Crippen LogP contribution in [0.25, 0.3) is 33.4 Å². The van der Waals surface area contributed by atoms with Crippen LogP contribution in [0.5, 0.6) is 0 Å². The highest BCUT2D eigenvalue weighted by Gasteiger charge is 2.33. The number of fused-ring (bicyclic) bond motifs is 6. The van der Waals surface area contributed by atoms with Crippen molar-refractivity contribution in [3.05, 3.63) is 71.2 Å². The minimum atomic E-state index is 0.0482. The molecule has 2 aliphatic rings. The highest BCUT2D eigenvalue weighted by molar-refractivity contribution is 6.01. The summed E-state index contributed by atoms with van der Waals surface area (Å²) in [7, 11) is 0. The van der Waals surface area contributed by atoms with Crippen molar-refractivity contribution in [3.63, 3.8) is 0 Å². The van der Waals surface area contributed by atoms with Crippen LogP contribution in [0.2, 0.25) is 0 Å². The predicted molar refractivity (Wildman–Crippen MR) is 113 cm³/mol. The molecule has 0 spiro atoms. The van der Waals surface area contributed by atoms with Gasteiger partial charge in [-0.25, -0.2) is 0 Å². The van der Waals surface area contributed by atoms with Gasteiger partial charge in [-0.15, -0.1) is 0 Å². The average Bonchev–Trinajstić information content (AvgIpc) is 3.15. The van der Waals surface area contributed by atoms with Crippen LogP contribution in [-0.4, -0.2) is 27.4 Å². The van der Waals surface area contributed by atoms with Gasteiger partial charge < -0.3 is 10.3 Å². The Morgan fingerprint density at radius 3 is 2.93 bits per heavy atom. The molecule has 6 rings (SSSR count). The van der Waals surface area contributed by atoms with Crippen LogP contribution < -0.4 is 5.32 Å². The average molecular weight is 380 g/mol. The van der Waals surface area contributed by atoms with Gasteiger partial charge in [0.1, 0.15) is 0 Å². The van der Waals surface area contributed by atoms with Crippen molar-refractivity contribution in [2.75, 3.05) is 6.54 Å². The van der Waals surface area contributed by atoms with Gasteiger partial charge in [0.25, 0.3) is 5.91 Å². The third kappa shape index (κ3) is 2.43. The van der Waals surface area contributed by atoms with Gasteiger partial charge in [0.2, 0.25) is 0 Å². The topological polar surface area (TPSA) is 70.7 Å². The number of carbonyl (C=O) groups excluding carboxylic acids is 1. The van der Waals surface area contributed by atoms with Crippen molar-refractivity contribution in [3.8, 4) is 22.5 Å². The van der Waals surface area contributed by atoms with Gasteiger partial charge in [-0.1, -0.05) is 25.1 Å². The lowest BCUT2D eigenvalue weighted by Gasteiger charge is -2.24. The number of aromatic nitrogens is 3. The van der Waals surface area contributed by atoms with E-state index in [1.807, 2.05) is 30.6 Å². The predicted octanol–water partition coefficient (Wildman–Crippen LogP) is 4.24. The summed E-state index contributed by atoms with van der Waals surface area (Å²) < 4.78 is 0. The third-order valence-corrected chi connectivity index (χ3v) is 6.16. The summed E-state index contributed by atoms with van der Waals surface area (Å²) in [5.41, 5.74) is 9.41. The number of carbonyl (C=O) groups is 1. The highest BCUT2D eigenvalue weighted by atomic mass is 16.1. The number of amides is 1. The largest absolute Gasteiger partial charge is 0.357 e. The Kier molecular flexibility index (Phi) is 3.42. The Morgan fingerprint density at radius 1 is 1.10 bits per heavy atom. The van der Waals surface area contributed by atoms with Crippen molar-refractivity contribution in [2.45, 2.75) is 25.7 Å². The Bertz CT molecular complexity index is 1300. The van der Waals surface area contributed by atoms with Crippen LogP contribution in [0.1, 0.15) is 40.0 Å². The lowest BCUT2D eigenvalue weighted by molar-refractivity contribution is 0.0944. The fourth-order valence-electron chi connectivity index (χ4n) is 4.79. The summed E-state index contributed by atoms with van der Waals surface area (Å²) in [6.45, 7) is 2.88. The van der Waals surface area contributed by atoms with Crippen LogP contribution in [0, 0.1) is 0 Å². The van der Waals surface area contributed by atoms with Crippen LogP contribution in [0.15, 0.2) is 48.8 Å². The number of nitrogens with zero attached hydrogens (tertiary/aromatic N) is 2. The zero-order valence-electron chi connectivity index (χ0n) is 16.1. The van der Waals surface area contributed by atoms with E-state index in [2.05, 4.69) is 40.4 Å². The standard InChI is InChI=1S/C24H20N4O/c1-13-8-15-11-27-20(16-9-14-4-2-3-5-18(14)26-12-16)10-17(15)23-21(13)22-19(28-23)6-7-25-24(22)29/h2-5,9-13,28H,6-8H2,1H3,(H,25,29). The summed E-state index contributed by atoms with van der Waals surface area (Å²) >= 11 is 0. The molecule has 5 nitrogen and oxygen atoms in total. The number of rotatable bonds is 1. The molecule has 4 aromatic rings. The lowest BCUT2D eigenvalue weighted by Crippen LogP contribution is -2.32. The second kappa shape index (κ2) is 6.01. The maximum absolute atomic E-state index is 12.5. The fraction of sp³-hybridized carbons (Fsp3) is 0.208. The van der Waals surface area contributed by atoms with E-state index in [-0.39, 0.29) is 11.8 Å². The second-order valence-corrected chi connectivity index (χ2v) is 8.02. The molecule has 1 aliphatic heterocycles. The second-order valence-electron chi connectivity index (χ2n) is 8.02. The smallest absolute Gasteiger partial charge is 0.253 e. The van der Waals surface area contributed by atoms with E-state index in [1.54, 1.807) is 0 Å². The molecule has 1 unspecified atom stereocenters. The maximum Gasteiger partial charge on any atom is 0.253 e. The van der Waals surface area contributed by atoms with Crippen LogP contribution in [0.3, 0.4) is 0 Å². The minimum absolute atomic E-state index is 0.0482. The normalized spacial score (nSPS) is 17.4. The molecule has 0 saturated carbocycles. The summed E-state index contributed by atoms with van der Waals surface area (Å²) in [5.74, 6) is 0.336. The Hall–Kier alpha value is -3.47. The zero-order valence-corrected chi connectivity index (χ0v) is 16.1. The molecule has 1 aromatic carbocycles. The molecule has 0 saturated heterocycles. The Morgan fingerprint density at radius 2 is 2.00 bits per heavy atom. The molecule has 1 amide bonds. The summed E-state index contributed by atoms with van der Waals surface area (Å²) in [6, 6.07) is 12.4. The minimum Gasteiger partial charge on any atom is -0.357 e. The molecule has 0 bridgehead atoms. The van der Waals surface area contributed by atoms with Crippen molar-refractivity contribution in [1.29, 1.82) is 0 Å². The Balaban J connectivity index is 1.53. The first kappa shape index (κ1) is 16.5. The number of hydrogen-bond donors (Lipinski definition) is 2. The molecule has 1 aliphatic carbocycles. The van der Waals surface area contributed by atoms with Gasteiger partial charge in [0.15, 0.2) is 0 Å². The van der Waals surface area contributed by atoms with Gasteiger partial charge in [0.05, 0.1) is 22.5 Å². The van der Waals surface area contributed by atoms with E-state index in [9.17, 15) is 4.79 Å². The molecule has 29 heavy (non-hydrogen) atoms. The first-order valence-corrected chi connectivity index (χ1v) is 10.1. The molecule has 142 valence electrons. The Labute approximate surface area is 168 Å². The van der Waals surface area contributed by atoms with E-state index in [4.69, 9.17) is 4.98 Å². The van der Waals surface area contributed by atoms with E-state index < -0.39 is 0 Å². The van der Waals surface area contributed by atoms with Gasteiger partial charge in [0, 0.05) is 47.6 Å². The monoisotopic (exact) mass is 380 g/mol. The fourth-order valence-corrected chi connectivity index (χ4v) is 4.79. The SMILES string of the molecule is CC1Cc2cnc(-c3cnc4ccccc4c3)cc2-c2[nH]c3c(c21)C(=O)NCC3. The van der Waals surface area contributed by atoms with Crippen LogP contribution in [-0.2, 0) is 12.8 Å². The van der Waals surface area contributed by atoms with Gasteiger partial charge in [-0.3, -0.25) is 14.8 Å². The zero-order chi connectivity index (χ0) is 19.5. The first-order valence-electron chi connectivity index (χ1n) is 10.1. The molecular formula is C24H20N4O. The number of para-hydroxylation sites is 1. The number of nitrogens with one attached hydrogen (secondary N) is 2. The summed E-state index contributed by atoms with van der Waals surface area (Å²) in [4.78, 5) is 25.4. The number of hydrogen-bond acceptors (Lipinski definition) is 3. The third-order valence-electron chi connectivity index (χ3n) is 6.16. The van der Waals surface area contributed by atoms with Crippen molar-refractivity contribution in [1.82, 2.24) is 20.3 Å². The molecule has 0 radical (unpaired) electrons. The quantitative estimate of drug-likeness (QED) is 0.519. The number of benzene rings is 1. The molecule has 5 heteroatoms. The number of H-pyrrole nitrogens is 1. The molecule has 2 N–H and O–H groups in total. The van der Waals surface area contributed by atoms with Gasteiger partial charge in [-0.05, 0) is 41.7 Å². The summed E-state index contributed by atoms with van der Waals surface area (Å²) in [6.07, 6.45) is 5.61. The molecule has 4 heterocycles. The molecule has 0 fully saturated rings. The van der Waals surface area contributed by atoms with E-state index in [0.717, 1.165) is 63.1 Å². The number of pyridine rings is 2. The maximum atomic E-state index is 12.5. The van der Waals surface area contributed by atoms with Gasteiger partial charge >= 0.3 is 0 Å². The summed E-state index contributed by atoms with van der Waals surface area (Å²) in [5, 5.41) is 4.10. The van der Waals surface area contributed by atoms with Crippen molar-refractivity contribution >= 4 is 16.8 Å².